The van der Waals surface area contributed by atoms with E-state index in [1.807, 2.05) is 32.0 Å². The van der Waals surface area contributed by atoms with Gasteiger partial charge in [0.2, 0.25) is 0 Å². The van der Waals surface area contributed by atoms with Gasteiger partial charge in [0.25, 0.3) is 0 Å². The molecule has 1 aromatic rings. The summed E-state index contributed by atoms with van der Waals surface area (Å²) in [6.45, 7) is 3.99. The van der Waals surface area contributed by atoms with E-state index >= 15 is 0 Å². The fraction of sp³-hybridized carbons (Fsp3) is 0.500. The normalized spacial score (nSPS) is 18.1. The predicted octanol–water partition coefficient (Wildman–Crippen LogP) is 2.41. The van der Waals surface area contributed by atoms with Crippen LogP contribution in [-0.2, 0) is 10.4 Å². The lowest BCUT2D eigenvalue weighted by Gasteiger charge is -2.28. The van der Waals surface area contributed by atoms with Crippen LogP contribution < -0.4 is 0 Å². The quantitative estimate of drug-likeness (QED) is 0.636. The summed E-state index contributed by atoms with van der Waals surface area (Å²) in [5, 5.41) is 0. The number of carbonyl (C=O) groups excluding carboxylic acids is 1. The first kappa shape index (κ1) is 15.1. The van der Waals surface area contributed by atoms with E-state index in [1.54, 1.807) is 0 Å². The number of piperidine rings is 1. The first-order chi connectivity index (χ1) is 9.29. The molecule has 20 heavy (non-hydrogen) atoms. The van der Waals surface area contributed by atoms with Crippen LogP contribution in [0, 0.1) is 19.8 Å². The van der Waals surface area contributed by atoms with Crippen LogP contribution >= 0.6 is 0 Å². The van der Waals surface area contributed by atoms with E-state index in [2.05, 4.69) is 0 Å². The fourth-order valence-corrected chi connectivity index (χ4v) is 3.29. The van der Waals surface area contributed by atoms with Crippen molar-refractivity contribution in [1.29, 1.82) is 0 Å². The molecule has 0 bridgehead atoms. The second kappa shape index (κ2) is 5.61. The SMILES string of the molecule is Cc1ccc(C(=O)C2CCN(S(=O)(=O)F)CC2)c(C)c1. The second-order valence-electron chi connectivity index (χ2n) is 5.30. The Balaban J connectivity index is 2.09. The molecule has 6 heteroatoms. The molecule has 1 fully saturated rings. The van der Waals surface area contributed by atoms with Crippen LogP contribution in [0.1, 0.15) is 34.3 Å². The Labute approximate surface area is 118 Å². The third kappa shape index (κ3) is 3.24. The largest absolute Gasteiger partial charge is 0.374 e. The number of Topliss-reactive ketones (excluding diaryl/α,β-unsaturated/α-hetero) is 1. The highest BCUT2D eigenvalue weighted by Gasteiger charge is 2.31. The standard InChI is InChI=1S/C14H18FNO3S/c1-10-3-4-13(11(2)9-10)14(17)12-5-7-16(8-6-12)20(15,18)19/h3-4,9,12H,5-8H2,1-2H3. The Kier molecular flexibility index (Phi) is 4.25. The number of hydrogen-bond acceptors (Lipinski definition) is 3. The molecule has 1 saturated heterocycles. The lowest BCUT2D eigenvalue weighted by molar-refractivity contribution is 0.0873. The van der Waals surface area contributed by atoms with Crippen molar-refractivity contribution >= 4 is 16.2 Å². The minimum atomic E-state index is -4.63. The van der Waals surface area contributed by atoms with Gasteiger partial charge in [0.1, 0.15) is 0 Å². The molecule has 1 aromatic carbocycles. The molecule has 0 aliphatic carbocycles. The highest BCUT2D eigenvalue weighted by molar-refractivity contribution is 7.83. The van der Waals surface area contributed by atoms with Gasteiger partial charge in [-0.05, 0) is 32.3 Å². The minimum absolute atomic E-state index is 0.0263. The van der Waals surface area contributed by atoms with Crippen molar-refractivity contribution < 1.29 is 17.1 Å². The molecule has 0 N–H and O–H groups in total. The third-order valence-electron chi connectivity index (χ3n) is 3.78. The molecule has 0 atom stereocenters. The monoisotopic (exact) mass is 299 g/mol. The van der Waals surface area contributed by atoms with E-state index in [4.69, 9.17) is 0 Å². The average Bonchev–Trinajstić information content (AvgIpc) is 2.37. The van der Waals surface area contributed by atoms with Crippen LogP contribution in [-0.4, -0.2) is 31.6 Å². The van der Waals surface area contributed by atoms with Gasteiger partial charge in [-0.2, -0.15) is 12.7 Å². The summed E-state index contributed by atoms with van der Waals surface area (Å²) in [6, 6.07) is 5.65. The summed E-state index contributed by atoms with van der Waals surface area (Å²) in [6.07, 6.45) is 0.741. The zero-order chi connectivity index (χ0) is 14.9. The zero-order valence-corrected chi connectivity index (χ0v) is 12.4. The number of halogens is 1. The van der Waals surface area contributed by atoms with Crippen LogP contribution in [0.25, 0.3) is 0 Å². The molecule has 1 aliphatic heterocycles. The summed E-state index contributed by atoms with van der Waals surface area (Å²) in [5.74, 6) is -0.201. The van der Waals surface area contributed by atoms with Crippen molar-refractivity contribution in [3.63, 3.8) is 0 Å². The Morgan fingerprint density at radius 1 is 1.25 bits per heavy atom. The smallest absolute Gasteiger partial charge is 0.294 e. The maximum atomic E-state index is 12.8. The molecule has 0 amide bonds. The number of rotatable bonds is 3. The van der Waals surface area contributed by atoms with Crippen molar-refractivity contribution in [2.75, 3.05) is 13.1 Å². The van der Waals surface area contributed by atoms with Gasteiger partial charge in [0, 0.05) is 24.6 Å². The van der Waals surface area contributed by atoms with Crippen molar-refractivity contribution in [3.05, 3.63) is 34.9 Å². The molecule has 0 saturated carbocycles. The number of nitrogens with zero attached hydrogens (tertiary/aromatic N) is 1. The summed E-state index contributed by atoms with van der Waals surface area (Å²) in [4.78, 5) is 12.4. The molecule has 4 nitrogen and oxygen atoms in total. The highest BCUT2D eigenvalue weighted by atomic mass is 32.3. The number of ketones is 1. The van der Waals surface area contributed by atoms with Crippen LogP contribution in [0.4, 0.5) is 3.89 Å². The summed E-state index contributed by atoms with van der Waals surface area (Å²) >= 11 is 0. The van der Waals surface area contributed by atoms with Gasteiger partial charge >= 0.3 is 10.4 Å². The van der Waals surface area contributed by atoms with Gasteiger partial charge in [-0.1, -0.05) is 27.6 Å². The Morgan fingerprint density at radius 2 is 1.85 bits per heavy atom. The van der Waals surface area contributed by atoms with Crippen LogP contribution in [0.5, 0.6) is 0 Å². The minimum Gasteiger partial charge on any atom is -0.294 e. The Morgan fingerprint density at radius 3 is 2.35 bits per heavy atom. The van der Waals surface area contributed by atoms with Gasteiger partial charge in [0.05, 0.1) is 0 Å². The van der Waals surface area contributed by atoms with Crippen LogP contribution in [0.2, 0.25) is 0 Å². The average molecular weight is 299 g/mol. The maximum absolute atomic E-state index is 12.8. The molecular weight excluding hydrogens is 281 g/mol. The summed E-state index contributed by atoms with van der Waals surface area (Å²) in [7, 11) is -4.63. The van der Waals surface area contributed by atoms with E-state index in [-0.39, 0.29) is 24.8 Å². The summed E-state index contributed by atoms with van der Waals surface area (Å²) < 4.78 is 35.2. The lowest BCUT2D eigenvalue weighted by Crippen LogP contribution is -2.38. The van der Waals surface area contributed by atoms with Crippen LogP contribution in [0.3, 0.4) is 0 Å². The Hall–Kier alpha value is -1.27. The van der Waals surface area contributed by atoms with E-state index in [0.717, 1.165) is 15.4 Å². The van der Waals surface area contributed by atoms with Crippen molar-refractivity contribution in [2.24, 2.45) is 5.92 Å². The molecule has 0 spiro atoms. The fourth-order valence-electron chi connectivity index (χ4n) is 2.65. The number of carbonyl (C=O) groups is 1. The molecule has 0 aromatic heterocycles. The lowest BCUT2D eigenvalue weighted by atomic mass is 9.87. The third-order valence-corrected chi connectivity index (χ3v) is 4.76. The summed E-state index contributed by atoms with van der Waals surface area (Å²) in [5.41, 5.74) is 2.70. The van der Waals surface area contributed by atoms with Gasteiger partial charge in [0.15, 0.2) is 5.78 Å². The van der Waals surface area contributed by atoms with Gasteiger partial charge in [-0.3, -0.25) is 4.79 Å². The maximum Gasteiger partial charge on any atom is 0.374 e. The molecule has 1 aliphatic rings. The molecule has 110 valence electrons. The topological polar surface area (TPSA) is 54.5 Å². The van der Waals surface area contributed by atoms with Gasteiger partial charge in [-0.25, -0.2) is 0 Å². The first-order valence-electron chi connectivity index (χ1n) is 6.60. The molecule has 0 radical (unpaired) electrons. The molecule has 2 rings (SSSR count). The first-order valence-corrected chi connectivity index (χ1v) is 7.94. The van der Waals surface area contributed by atoms with Crippen molar-refractivity contribution in [2.45, 2.75) is 26.7 Å². The van der Waals surface area contributed by atoms with Crippen LogP contribution in [0.15, 0.2) is 18.2 Å². The van der Waals surface area contributed by atoms with Crippen molar-refractivity contribution in [1.82, 2.24) is 4.31 Å². The van der Waals surface area contributed by atoms with E-state index in [9.17, 15) is 17.1 Å². The number of aryl methyl sites for hydroxylation is 2. The number of benzene rings is 1. The van der Waals surface area contributed by atoms with Gasteiger partial charge in [-0.15, -0.1) is 0 Å². The zero-order valence-electron chi connectivity index (χ0n) is 11.6. The Bertz CT molecular complexity index is 619. The second-order valence-corrected chi connectivity index (χ2v) is 6.64. The van der Waals surface area contributed by atoms with Crippen molar-refractivity contribution in [3.8, 4) is 0 Å². The van der Waals surface area contributed by atoms with E-state index in [0.29, 0.717) is 18.4 Å². The molecular formula is C14H18FNO3S. The highest BCUT2D eigenvalue weighted by Crippen LogP contribution is 2.25. The molecule has 1 heterocycles. The van der Waals surface area contributed by atoms with E-state index in [1.165, 1.54) is 0 Å². The number of hydrogen-bond donors (Lipinski definition) is 0. The van der Waals surface area contributed by atoms with Gasteiger partial charge < -0.3 is 0 Å². The molecule has 0 unspecified atom stereocenters. The predicted molar refractivity (Wildman–Crippen MR) is 74.6 cm³/mol. The van der Waals surface area contributed by atoms with E-state index < -0.39 is 10.4 Å².